The normalized spacial score (nSPS) is 10.3. The van der Waals surface area contributed by atoms with Crippen molar-refractivity contribution in [3.05, 3.63) is 41.7 Å². The smallest absolute Gasteiger partial charge is 0.212 e. The van der Waals surface area contributed by atoms with Gasteiger partial charge in [-0.3, -0.25) is 4.79 Å². The van der Waals surface area contributed by atoms with E-state index < -0.39 is 0 Å². The van der Waals surface area contributed by atoms with E-state index in [0.717, 1.165) is 6.42 Å². The predicted molar refractivity (Wildman–Crippen MR) is 66.7 cm³/mol. The van der Waals surface area contributed by atoms with Gasteiger partial charge in [0.2, 0.25) is 5.78 Å². The maximum Gasteiger partial charge on any atom is 0.212 e. The number of aromatic nitrogens is 3. The molecule has 1 aromatic carbocycles. The molecule has 0 radical (unpaired) electrons. The van der Waals surface area contributed by atoms with Crippen LogP contribution in [-0.2, 0) is 7.05 Å². The number of ether oxygens (including phenoxy) is 1. The molecule has 5 heteroatoms. The molecule has 1 heterocycles. The Kier molecular flexibility index (Phi) is 3.72. The first-order valence-electron chi connectivity index (χ1n) is 5.84. The molecule has 5 nitrogen and oxygen atoms in total. The molecule has 0 aliphatic carbocycles. The number of rotatable bonds is 5. The minimum Gasteiger partial charge on any atom is -0.494 e. The van der Waals surface area contributed by atoms with Gasteiger partial charge in [-0.1, -0.05) is 24.3 Å². The van der Waals surface area contributed by atoms with Gasteiger partial charge in [-0.15, -0.1) is 5.10 Å². The summed E-state index contributed by atoms with van der Waals surface area (Å²) in [5.41, 5.74) is 1.04. The third-order valence-electron chi connectivity index (χ3n) is 2.52. The van der Waals surface area contributed by atoms with Crippen LogP contribution in [0.4, 0.5) is 0 Å². The van der Waals surface area contributed by atoms with E-state index in [2.05, 4.69) is 10.3 Å². The number of nitrogens with zero attached hydrogens (tertiary/aromatic N) is 3. The van der Waals surface area contributed by atoms with Crippen LogP contribution in [0.2, 0.25) is 0 Å². The molecule has 0 aliphatic rings. The van der Waals surface area contributed by atoms with E-state index in [9.17, 15) is 4.79 Å². The zero-order valence-electron chi connectivity index (χ0n) is 10.5. The molecule has 0 bridgehead atoms. The van der Waals surface area contributed by atoms with Gasteiger partial charge in [0, 0.05) is 12.6 Å². The number of hydrogen-bond donors (Lipinski definition) is 0. The van der Waals surface area contributed by atoms with Crippen LogP contribution in [-0.4, -0.2) is 27.4 Å². The summed E-state index contributed by atoms with van der Waals surface area (Å²) < 4.78 is 6.96. The van der Waals surface area contributed by atoms with Crippen molar-refractivity contribution in [1.82, 2.24) is 15.0 Å². The van der Waals surface area contributed by atoms with Crippen molar-refractivity contribution in [2.24, 2.45) is 7.05 Å². The summed E-state index contributed by atoms with van der Waals surface area (Å²) >= 11 is 0. The number of carbonyl (C=O) groups is 1. The quantitative estimate of drug-likeness (QED) is 0.754. The maximum absolute atomic E-state index is 12.2. The molecule has 2 rings (SSSR count). The van der Waals surface area contributed by atoms with E-state index in [4.69, 9.17) is 4.74 Å². The van der Waals surface area contributed by atoms with Crippen LogP contribution in [0.25, 0.3) is 0 Å². The van der Waals surface area contributed by atoms with Crippen molar-refractivity contribution in [2.45, 2.75) is 13.3 Å². The van der Waals surface area contributed by atoms with Crippen molar-refractivity contribution in [1.29, 1.82) is 0 Å². The highest BCUT2D eigenvalue weighted by Crippen LogP contribution is 2.16. The molecule has 1 aromatic heterocycles. The van der Waals surface area contributed by atoms with E-state index in [0.29, 0.717) is 23.6 Å². The molecule has 0 saturated heterocycles. The Morgan fingerprint density at radius 3 is 2.94 bits per heavy atom. The molecule has 0 atom stereocenters. The standard InChI is InChI=1S/C13H15N3O2/c1-3-7-18-11-6-4-5-10(8-11)13(17)12-9-14-15-16(12)2/h4-6,8-9H,3,7H2,1-2H3. The second-order valence-corrected chi connectivity index (χ2v) is 3.95. The topological polar surface area (TPSA) is 57.0 Å². The minimum atomic E-state index is -0.107. The number of ketones is 1. The van der Waals surface area contributed by atoms with Crippen LogP contribution in [0.5, 0.6) is 5.75 Å². The van der Waals surface area contributed by atoms with Gasteiger partial charge in [0.25, 0.3) is 0 Å². The Morgan fingerprint density at radius 1 is 1.44 bits per heavy atom. The summed E-state index contributed by atoms with van der Waals surface area (Å²) in [5.74, 6) is 0.599. The van der Waals surface area contributed by atoms with Crippen LogP contribution in [0.15, 0.2) is 30.5 Å². The Hall–Kier alpha value is -2.17. The summed E-state index contributed by atoms with van der Waals surface area (Å²) in [4.78, 5) is 12.2. The van der Waals surface area contributed by atoms with Gasteiger partial charge in [-0.2, -0.15) is 0 Å². The highest BCUT2D eigenvalue weighted by atomic mass is 16.5. The Labute approximate surface area is 105 Å². The second kappa shape index (κ2) is 5.44. The molecule has 0 N–H and O–H groups in total. The lowest BCUT2D eigenvalue weighted by Gasteiger charge is -2.06. The summed E-state index contributed by atoms with van der Waals surface area (Å²) in [7, 11) is 1.69. The van der Waals surface area contributed by atoms with Gasteiger partial charge in [-0.05, 0) is 18.6 Å². The summed E-state index contributed by atoms with van der Waals surface area (Å²) in [5, 5.41) is 7.45. The first kappa shape index (κ1) is 12.3. The summed E-state index contributed by atoms with van der Waals surface area (Å²) in [6, 6.07) is 7.15. The van der Waals surface area contributed by atoms with Crippen molar-refractivity contribution in [3.8, 4) is 5.75 Å². The Balaban J connectivity index is 2.23. The highest BCUT2D eigenvalue weighted by Gasteiger charge is 2.14. The third kappa shape index (κ3) is 2.56. The fourth-order valence-electron chi connectivity index (χ4n) is 1.59. The first-order valence-corrected chi connectivity index (χ1v) is 5.84. The Bertz CT molecular complexity index is 549. The average molecular weight is 245 g/mol. The molecule has 0 aliphatic heterocycles. The van der Waals surface area contributed by atoms with E-state index in [1.165, 1.54) is 10.9 Å². The van der Waals surface area contributed by atoms with E-state index in [-0.39, 0.29) is 5.78 Å². The molecule has 94 valence electrons. The van der Waals surface area contributed by atoms with Crippen LogP contribution in [0.1, 0.15) is 29.4 Å². The molecule has 0 saturated carbocycles. The van der Waals surface area contributed by atoms with Crippen LogP contribution in [0, 0.1) is 0 Å². The lowest BCUT2D eigenvalue weighted by atomic mass is 10.1. The maximum atomic E-state index is 12.2. The molecule has 0 fully saturated rings. The lowest BCUT2D eigenvalue weighted by Crippen LogP contribution is -2.08. The number of carbonyl (C=O) groups excluding carboxylic acids is 1. The predicted octanol–water partition coefficient (Wildman–Crippen LogP) is 1.83. The minimum absolute atomic E-state index is 0.107. The van der Waals surface area contributed by atoms with Crippen LogP contribution < -0.4 is 4.74 Å². The van der Waals surface area contributed by atoms with Crippen molar-refractivity contribution in [3.63, 3.8) is 0 Å². The molecule has 0 spiro atoms. The zero-order chi connectivity index (χ0) is 13.0. The average Bonchev–Trinajstić information content (AvgIpc) is 2.82. The van der Waals surface area contributed by atoms with Gasteiger partial charge < -0.3 is 4.74 Å². The molecule has 18 heavy (non-hydrogen) atoms. The fraction of sp³-hybridized carbons (Fsp3) is 0.308. The highest BCUT2D eigenvalue weighted by molar-refractivity contribution is 6.07. The number of benzene rings is 1. The number of aryl methyl sites for hydroxylation is 1. The molecule has 2 aromatic rings. The lowest BCUT2D eigenvalue weighted by molar-refractivity contribution is 0.103. The summed E-state index contributed by atoms with van der Waals surface area (Å²) in [6.07, 6.45) is 2.39. The van der Waals surface area contributed by atoms with Crippen molar-refractivity contribution >= 4 is 5.78 Å². The molecule has 0 unspecified atom stereocenters. The van der Waals surface area contributed by atoms with Gasteiger partial charge >= 0.3 is 0 Å². The Morgan fingerprint density at radius 2 is 2.28 bits per heavy atom. The SMILES string of the molecule is CCCOc1cccc(C(=O)c2cnnn2C)c1. The molecular formula is C13H15N3O2. The largest absolute Gasteiger partial charge is 0.494 e. The first-order chi connectivity index (χ1) is 8.72. The van der Waals surface area contributed by atoms with Crippen LogP contribution >= 0.6 is 0 Å². The van der Waals surface area contributed by atoms with Crippen LogP contribution in [0.3, 0.4) is 0 Å². The van der Waals surface area contributed by atoms with Gasteiger partial charge in [0.1, 0.15) is 11.4 Å². The van der Waals surface area contributed by atoms with Crippen molar-refractivity contribution in [2.75, 3.05) is 6.61 Å². The van der Waals surface area contributed by atoms with Gasteiger partial charge in [0.05, 0.1) is 12.8 Å². The monoisotopic (exact) mass is 245 g/mol. The van der Waals surface area contributed by atoms with E-state index >= 15 is 0 Å². The second-order valence-electron chi connectivity index (χ2n) is 3.95. The van der Waals surface area contributed by atoms with Crippen molar-refractivity contribution < 1.29 is 9.53 Å². The van der Waals surface area contributed by atoms with Gasteiger partial charge in [0.15, 0.2) is 0 Å². The van der Waals surface area contributed by atoms with Gasteiger partial charge in [-0.25, -0.2) is 4.68 Å². The summed E-state index contributed by atoms with van der Waals surface area (Å²) in [6.45, 7) is 2.68. The molecular weight excluding hydrogens is 230 g/mol. The van der Waals surface area contributed by atoms with E-state index in [1.807, 2.05) is 19.1 Å². The fourth-order valence-corrected chi connectivity index (χ4v) is 1.59. The number of hydrogen-bond acceptors (Lipinski definition) is 4. The van der Waals surface area contributed by atoms with E-state index in [1.54, 1.807) is 19.2 Å². The molecule has 0 amide bonds. The third-order valence-corrected chi connectivity index (χ3v) is 2.52. The zero-order valence-corrected chi connectivity index (χ0v) is 10.5.